The van der Waals surface area contributed by atoms with Gasteiger partial charge < -0.3 is 18.9 Å². The number of amides is 1. The number of nitrogens with zero attached hydrogens (tertiary/aromatic N) is 2. The molecule has 172 valence electrons. The highest BCUT2D eigenvalue weighted by Crippen LogP contribution is 2.42. The van der Waals surface area contributed by atoms with Gasteiger partial charge in [0, 0.05) is 26.2 Å². The molecule has 1 aromatic rings. The molecule has 1 amide bonds. The molecular formula is C22H26N2O7S. The van der Waals surface area contributed by atoms with Gasteiger partial charge in [0.15, 0.2) is 16.7 Å². The predicted molar refractivity (Wildman–Crippen MR) is 119 cm³/mol. The number of carbonyl (C=O) groups is 3. The lowest BCUT2D eigenvalue weighted by molar-refractivity contribution is -0.141. The summed E-state index contributed by atoms with van der Waals surface area (Å²) in [5.74, 6) is 0.0360. The van der Waals surface area contributed by atoms with Crippen LogP contribution in [-0.2, 0) is 23.9 Å². The summed E-state index contributed by atoms with van der Waals surface area (Å²) in [4.78, 5) is 43.4. The minimum Gasteiger partial charge on any atom is -0.490 e. The van der Waals surface area contributed by atoms with Crippen LogP contribution in [0.5, 0.6) is 11.5 Å². The topological polar surface area (TPSA) is 104 Å². The van der Waals surface area contributed by atoms with Gasteiger partial charge in [-0.1, -0.05) is 17.8 Å². The number of carbonyl (C=O) groups excluding carboxylic acids is 3. The van der Waals surface area contributed by atoms with E-state index in [0.29, 0.717) is 41.0 Å². The quantitative estimate of drug-likeness (QED) is 0.330. The van der Waals surface area contributed by atoms with Crippen LogP contribution in [0.3, 0.4) is 0 Å². The second-order valence-electron chi connectivity index (χ2n) is 7.02. The van der Waals surface area contributed by atoms with Crippen molar-refractivity contribution in [3.8, 4) is 11.5 Å². The molecule has 2 heterocycles. The molecule has 0 saturated carbocycles. The fourth-order valence-electron chi connectivity index (χ4n) is 3.47. The third-order valence-electron chi connectivity index (χ3n) is 4.78. The monoisotopic (exact) mass is 462 g/mol. The van der Waals surface area contributed by atoms with E-state index in [4.69, 9.17) is 18.9 Å². The normalized spacial score (nSPS) is 18.1. The Morgan fingerprint density at radius 2 is 2.03 bits per heavy atom. The second kappa shape index (κ2) is 10.6. The van der Waals surface area contributed by atoms with Gasteiger partial charge in [-0.3, -0.25) is 14.5 Å². The highest BCUT2D eigenvalue weighted by Gasteiger charge is 2.42. The SMILES string of the molecule is CCOc1cc([C@@H]2C(C(=O)OCCOC)=C(C)N=C3SCCC(=O)N32)ccc1OC(C)=O. The van der Waals surface area contributed by atoms with Crippen LogP contribution < -0.4 is 9.47 Å². The molecule has 0 spiro atoms. The Morgan fingerprint density at radius 1 is 1.25 bits per heavy atom. The lowest BCUT2D eigenvalue weighted by atomic mass is 9.93. The molecule has 32 heavy (non-hydrogen) atoms. The van der Waals surface area contributed by atoms with E-state index in [1.54, 1.807) is 25.1 Å². The van der Waals surface area contributed by atoms with Crippen LogP contribution in [0.25, 0.3) is 0 Å². The van der Waals surface area contributed by atoms with Crippen molar-refractivity contribution < 1.29 is 33.3 Å². The molecule has 0 unspecified atom stereocenters. The summed E-state index contributed by atoms with van der Waals surface area (Å²) in [6.45, 7) is 5.50. The highest BCUT2D eigenvalue weighted by atomic mass is 32.2. The Bertz CT molecular complexity index is 973. The van der Waals surface area contributed by atoms with Crippen LogP contribution in [-0.4, -0.2) is 60.6 Å². The molecule has 0 N–H and O–H groups in total. The van der Waals surface area contributed by atoms with Crippen LogP contribution >= 0.6 is 11.8 Å². The van der Waals surface area contributed by atoms with Crippen molar-refractivity contribution in [2.24, 2.45) is 4.99 Å². The van der Waals surface area contributed by atoms with Gasteiger partial charge in [-0.05, 0) is 31.5 Å². The number of hydrogen-bond acceptors (Lipinski definition) is 9. The number of rotatable bonds is 8. The van der Waals surface area contributed by atoms with E-state index in [9.17, 15) is 14.4 Å². The maximum Gasteiger partial charge on any atom is 0.338 e. The number of allylic oxidation sites excluding steroid dienone is 1. The van der Waals surface area contributed by atoms with E-state index in [2.05, 4.69) is 4.99 Å². The largest absolute Gasteiger partial charge is 0.490 e. The third-order valence-corrected chi connectivity index (χ3v) is 5.74. The van der Waals surface area contributed by atoms with Crippen molar-refractivity contribution in [1.29, 1.82) is 0 Å². The number of hydrogen-bond donors (Lipinski definition) is 0. The summed E-state index contributed by atoms with van der Waals surface area (Å²) in [5, 5.41) is 0.541. The molecule has 1 saturated heterocycles. The van der Waals surface area contributed by atoms with Crippen molar-refractivity contribution in [2.75, 3.05) is 32.7 Å². The summed E-state index contributed by atoms with van der Waals surface area (Å²) in [6.07, 6.45) is 0.328. The minimum absolute atomic E-state index is 0.0771. The summed E-state index contributed by atoms with van der Waals surface area (Å²) in [7, 11) is 1.52. The van der Waals surface area contributed by atoms with Gasteiger partial charge in [0.05, 0.1) is 30.5 Å². The van der Waals surface area contributed by atoms with Crippen LogP contribution in [0.1, 0.15) is 38.8 Å². The average molecular weight is 463 g/mol. The van der Waals surface area contributed by atoms with Gasteiger partial charge in [0.25, 0.3) is 0 Å². The molecule has 0 aromatic heterocycles. The third kappa shape index (κ3) is 5.13. The number of fused-ring (bicyclic) bond motifs is 1. The van der Waals surface area contributed by atoms with Crippen molar-refractivity contribution >= 4 is 34.8 Å². The number of esters is 2. The Kier molecular flexibility index (Phi) is 7.92. The first-order valence-corrected chi connectivity index (χ1v) is 11.2. The smallest absolute Gasteiger partial charge is 0.338 e. The fourth-order valence-corrected chi connectivity index (χ4v) is 4.48. The number of benzene rings is 1. The van der Waals surface area contributed by atoms with E-state index in [1.807, 2.05) is 6.92 Å². The Labute approximate surface area is 190 Å². The van der Waals surface area contributed by atoms with Crippen LogP contribution in [0.4, 0.5) is 0 Å². The van der Waals surface area contributed by atoms with Crippen LogP contribution in [0.2, 0.25) is 0 Å². The standard InChI is InChI=1S/C22H26N2O7S/c1-5-29-17-12-15(6-7-16(17)31-14(3)25)20-19(21(27)30-10-9-28-4)13(2)23-22-24(20)18(26)8-11-32-22/h6-7,12,20H,5,8-11H2,1-4H3/t20-/m1/s1. The first kappa shape index (κ1) is 23.8. The van der Waals surface area contributed by atoms with Crippen molar-refractivity contribution in [3.63, 3.8) is 0 Å². The van der Waals surface area contributed by atoms with E-state index in [0.717, 1.165) is 0 Å². The van der Waals surface area contributed by atoms with Gasteiger partial charge in [0.2, 0.25) is 5.91 Å². The first-order valence-electron chi connectivity index (χ1n) is 10.2. The molecule has 10 heteroatoms. The van der Waals surface area contributed by atoms with E-state index in [-0.39, 0.29) is 30.4 Å². The number of thioether (sulfide) groups is 1. The molecule has 2 aliphatic heterocycles. The number of ether oxygens (including phenoxy) is 4. The summed E-state index contributed by atoms with van der Waals surface area (Å²) in [6, 6.07) is 4.23. The Morgan fingerprint density at radius 3 is 2.72 bits per heavy atom. The Hall–Kier alpha value is -2.85. The summed E-state index contributed by atoms with van der Waals surface area (Å²) >= 11 is 1.46. The van der Waals surface area contributed by atoms with E-state index in [1.165, 1.54) is 30.7 Å². The number of methoxy groups -OCH3 is 1. The molecule has 1 fully saturated rings. The van der Waals surface area contributed by atoms with Crippen molar-refractivity contribution in [1.82, 2.24) is 4.90 Å². The zero-order chi connectivity index (χ0) is 23.3. The lowest BCUT2D eigenvalue weighted by Crippen LogP contribution is -2.45. The number of amidine groups is 1. The van der Waals surface area contributed by atoms with E-state index >= 15 is 0 Å². The maximum absolute atomic E-state index is 13.0. The van der Waals surface area contributed by atoms with Gasteiger partial charge in [0.1, 0.15) is 6.61 Å². The second-order valence-corrected chi connectivity index (χ2v) is 8.08. The lowest BCUT2D eigenvalue weighted by Gasteiger charge is -2.39. The van der Waals surface area contributed by atoms with Gasteiger partial charge >= 0.3 is 11.9 Å². The van der Waals surface area contributed by atoms with Gasteiger partial charge in [-0.2, -0.15) is 0 Å². The highest BCUT2D eigenvalue weighted by molar-refractivity contribution is 8.14. The molecule has 1 atom stereocenters. The molecule has 1 aromatic carbocycles. The number of aliphatic imine (C=N–C) groups is 1. The molecule has 0 aliphatic carbocycles. The van der Waals surface area contributed by atoms with E-state index < -0.39 is 18.0 Å². The average Bonchev–Trinajstić information content (AvgIpc) is 2.74. The maximum atomic E-state index is 13.0. The van der Waals surface area contributed by atoms with Gasteiger partial charge in [-0.15, -0.1) is 0 Å². The van der Waals surface area contributed by atoms with Crippen molar-refractivity contribution in [2.45, 2.75) is 33.2 Å². The van der Waals surface area contributed by atoms with Crippen LogP contribution in [0.15, 0.2) is 34.5 Å². The molecule has 2 aliphatic rings. The molecule has 3 rings (SSSR count). The molecule has 9 nitrogen and oxygen atoms in total. The molecule has 0 radical (unpaired) electrons. The molecule has 0 bridgehead atoms. The zero-order valence-corrected chi connectivity index (χ0v) is 19.3. The summed E-state index contributed by atoms with van der Waals surface area (Å²) < 4.78 is 21.2. The minimum atomic E-state index is -0.747. The van der Waals surface area contributed by atoms with Crippen molar-refractivity contribution in [3.05, 3.63) is 35.0 Å². The first-order chi connectivity index (χ1) is 15.4. The fraction of sp³-hybridized carbons (Fsp3) is 0.455. The summed E-state index contributed by atoms with van der Waals surface area (Å²) in [5.41, 5.74) is 1.36. The van der Waals surface area contributed by atoms with Gasteiger partial charge in [-0.25, -0.2) is 9.79 Å². The zero-order valence-electron chi connectivity index (χ0n) is 18.5. The predicted octanol–water partition coefficient (Wildman–Crippen LogP) is 2.85. The Balaban J connectivity index is 2.09. The van der Waals surface area contributed by atoms with Crippen LogP contribution in [0, 0.1) is 0 Å². The molecular weight excluding hydrogens is 436 g/mol.